The predicted molar refractivity (Wildman–Crippen MR) is 31.0 cm³/mol. The van der Waals surface area contributed by atoms with E-state index in [9.17, 15) is 4.79 Å². The minimum atomic E-state index is -0.889. The van der Waals surface area contributed by atoms with Crippen LogP contribution in [0.15, 0.2) is 0 Å². The van der Waals surface area contributed by atoms with Crippen molar-refractivity contribution in [1.82, 2.24) is 0 Å². The van der Waals surface area contributed by atoms with Crippen LogP contribution in [0.3, 0.4) is 0 Å². The summed E-state index contributed by atoms with van der Waals surface area (Å²) in [6.07, 6.45) is 2.01. The smallest absolute Gasteiger partial charge is 0.167 e. The molecule has 1 N–H and O–H groups in total. The summed E-state index contributed by atoms with van der Waals surface area (Å²) in [7, 11) is 0. The van der Waals surface area contributed by atoms with Crippen LogP contribution in [-0.2, 0) is 9.68 Å². The van der Waals surface area contributed by atoms with Crippen LogP contribution < -0.4 is 0 Å². The molecule has 1 saturated carbocycles. The highest BCUT2D eigenvalue weighted by molar-refractivity contribution is 5.88. The van der Waals surface area contributed by atoms with Gasteiger partial charge in [-0.05, 0) is 19.8 Å². The molecular formula is C6H10O3. The molecule has 0 aliphatic heterocycles. The molecule has 3 nitrogen and oxygen atoms in total. The Bertz CT molecular complexity index is 132. The fourth-order valence-corrected chi connectivity index (χ4v) is 1.09. The van der Waals surface area contributed by atoms with Gasteiger partial charge in [-0.3, -0.25) is 10.1 Å². The van der Waals surface area contributed by atoms with Gasteiger partial charge in [-0.1, -0.05) is 0 Å². The maximum absolute atomic E-state index is 10.8. The number of carbonyl (C=O) groups excluding carboxylic acids is 1. The van der Waals surface area contributed by atoms with Crippen molar-refractivity contribution < 1.29 is 14.9 Å². The third-order valence-electron chi connectivity index (χ3n) is 1.85. The average Bonchev–Trinajstić information content (AvgIpc) is 2.15. The average molecular weight is 130 g/mol. The zero-order valence-electron chi connectivity index (χ0n) is 5.39. The van der Waals surface area contributed by atoms with Crippen LogP contribution >= 0.6 is 0 Å². The maximum Gasteiger partial charge on any atom is 0.167 e. The highest BCUT2D eigenvalue weighted by Crippen LogP contribution is 2.27. The molecule has 0 bridgehead atoms. The van der Waals surface area contributed by atoms with Crippen molar-refractivity contribution in [2.75, 3.05) is 0 Å². The maximum atomic E-state index is 10.8. The van der Waals surface area contributed by atoms with Crippen LogP contribution in [0.1, 0.15) is 26.2 Å². The number of rotatable bonds is 1. The Morgan fingerprint density at radius 2 is 2.44 bits per heavy atom. The molecule has 3 heteroatoms. The molecule has 0 aromatic heterocycles. The van der Waals surface area contributed by atoms with Crippen molar-refractivity contribution in [3.63, 3.8) is 0 Å². The molecule has 9 heavy (non-hydrogen) atoms. The van der Waals surface area contributed by atoms with Gasteiger partial charge in [-0.15, -0.1) is 0 Å². The van der Waals surface area contributed by atoms with E-state index in [2.05, 4.69) is 4.89 Å². The number of ketones is 1. The third kappa shape index (κ3) is 0.976. The van der Waals surface area contributed by atoms with Crippen molar-refractivity contribution >= 4 is 5.78 Å². The Kier molecular flexibility index (Phi) is 1.55. The van der Waals surface area contributed by atoms with Gasteiger partial charge in [0, 0.05) is 6.42 Å². The van der Waals surface area contributed by atoms with Crippen LogP contribution in [-0.4, -0.2) is 16.6 Å². The second-order valence-electron chi connectivity index (χ2n) is 2.60. The largest absolute Gasteiger partial charge is 0.296 e. The van der Waals surface area contributed by atoms with Crippen molar-refractivity contribution in [1.29, 1.82) is 0 Å². The van der Waals surface area contributed by atoms with E-state index >= 15 is 0 Å². The van der Waals surface area contributed by atoms with E-state index in [0.29, 0.717) is 12.8 Å². The zero-order valence-corrected chi connectivity index (χ0v) is 5.39. The van der Waals surface area contributed by atoms with E-state index in [4.69, 9.17) is 5.26 Å². The van der Waals surface area contributed by atoms with Crippen molar-refractivity contribution in [3.8, 4) is 0 Å². The Labute approximate surface area is 53.6 Å². The Balaban J connectivity index is 2.67. The third-order valence-corrected chi connectivity index (χ3v) is 1.85. The summed E-state index contributed by atoms with van der Waals surface area (Å²) in [5.41, 5.74) is -0.889. The summed E-state index contributed by atoms with van der Waals surface area (Å²) < 4.78 is 0. The minimum Gasteiger partial charge on any atom is -0.296 e. The molecule has 0 aromatic carbocycles. The molecule has 1 rings (SSSR count). The molecule has 0 aromatic rings. The first-order valence-electron chi connectivity index (χ1n) is 3.05. The number of hydrogen-bond donors (Lipinski definition) is 1. The number of hydrogen-bond acceptors (Lipinski definition) is 3. The van der Waals surface area contributed by atoms with Crippen molar-refractivity contribution in [2.45, 2.75) is 31.8 Å². The lowest BCUT2D eigenvalue weighted by Gasteiger charge is -2.15. The van der Waals surface area contributed by atoms with E-state index in [1.165, 1.54) is 0 Å². The second-order valence-corrected chi connectivity index (χ2v) is 2.60. The molecule has 52 valence electrons. The van der Waals surface area contributed by atoms with Crippen molar-refractivity contribution in [2.24, 2.45) is 0 Å². The van der Waals surface area contributed by atoms with Crippen LogP contribution in [0.5, 0.6) is 0 Å². The first kappa shape index (κ1) is 6.71. The van der Waals surface area contributed by atoms with Gasteiger partial charge < -0.3 is 0 Å². The predicted octanol–water partition coefficient (Wildman–Crippen LogP) is 0.988. The summed E-state index contributed by atoms with van der Waals surface area (Å²) in [6, 6.07) is 0. The molecule has 0 amide bonds. The summed E-state index contributed by atoms with van der Waals surface area (Å²) in [4.78, 5) is 14.9. The number of carbonyl (C=O) groups is 1. The van der Waals surface area contributed by atoms with Gasteiger partial charge in [0.05, 0.1) is 0 Å². The molecule has 1 aliphatic rings. The van der Waals surface area contributed by atoms with Gasteiger partial charge in [0.15, 0.2) is 11.4 Å². The van der Waals surface area contributed by atoms with Crippen LogP contribution in [0.4, 0.5) is 0 Å². The quantitative estimate of drug-likeness (QED) is 0.425. The topological polar surface area (TPSA) is 46.5 Å². The standard InChI is InChI=1S/C6H10O3/c1-6(9-8)4-2-3-5(6)7/h8H,2-4H2,1H3. The van der Waals surface area contributed by atoms with Crippen molar-refractivity contribution in [3.05, 3.63) is 0 Å². The van der Waals surface area contributed by atoms with Gasteiger partial charge in [0.1, 0.15) is 0 Å². The highest BCUT2D eigenvalue weighted by atomic mass is 17.1. The molecule has 0 heterocycles. The molecule has 1 fully saturated rings. The molecule has 1 aliphatic carbocycles. The second kappa shape index (κ2) is 2.08. The lowest BCUT2D eigenvalue weighted by atomic mass is 10.1. The molecule has 0 saturated heterocycles. The van der Waals surface area contributed by atoms with Gasteiger partial charge in [0.2, 0.25) is 0 Å². The van der Waals surface area contributed by atoms with E-state index < -0.39 is 5.60 Å². The lowest BCUT2D eigenvalue weighted by molar-refractivity contribution is -0.303. The van der Waals surface area contributed by atoms with E-state index in [1.807, 2.05) is 0 Å². The molecule has 1 atom stereocenters. The summed E-state index contributed by atoms with van der Waals surface area (Å²) in [5.74, 6) is 0.00463. The highest BCUT2D eigenvalue weighted by Gasteiger charge is 2.38. The van der Waals surface area contributed by atoms with Gasteiger partial charge in [0.25, 0.3) is 0 Å². The molecule has 0 spiro atoms. The fourth-order valence-electron chi connectivity index (χ4n) is 1.09. The van der Waals surface area contributed by atoms with Crippen LogP contribution in [0.25, 0.3) is 0 Å². The van der Waals surface area contributed by atoms with Gasteiger partial charge >= 0.3 is 0 Å². The Morgan fingerprint density at radius 3 is 2.67 bits per heavy atom. The Hall–Kier alpha value is -0.410. The summed E-state index contributed by atoms with van der Waals surface area (Å²) in [6.45, 7) is 1.61. The monoisotopic (exact) mass is 130 g/mol. The minimum absolute atomic E-state index is 0.00463. The molecule has 1 unspecified atom stereocenters. The number of Topliss-reactive ketones (excluding diaryl/α,β-unsaturated/α-hetero) is 1. The summed E-state index contributed by atoms with van der Waals surface area (Å²) in [5, 5.41) is 8.27. The SMILES string of the molecule is CC1(OO)CCCC1=O. The normalized spacial score (nSPS) is 35.6. The van der Waals surface area contributed by atoms with Gasteiger partial charge in [-0.25, -0.2) is 4.89 Å². The lowest BCUT2D eigenvalue weighted by Crippen LogP contribution is -2.31. The van der Waals surface area contributed by atoms with E-state index in [1.54, 1.807) is 6.92 Å². The van der Waals surface area contributed by atoms with E-state index in [0.717, 1.165) is 6.42 Å². The van der Waals surface area contributed by atoms with E-state index in [-0.39, 0.29) is 5.78 Å². The Morgan fingerprint density at radius 1 is 1.78 bits per heavy atom. The first-order valence-corrected chi connectivity index (χ1v) is 3.05. The first-order chi connectivity index (χ1) is 4.19. The summed E-state index contributed by atoms with van der Waals surface area (Å²) >= 11 is 0. The van der Waals surface area contributed by atoms with Gasteiger partial charge in [-0.2, -0.15) is 0 Å². The van der Waals surface area contributed by atoms with Crippen LogP contribution in [0.2, 0.25) is 0 Å². The zero-order chi connectivity index (χ0) is 6.91. The molecular weight excluding hydrogens is 120 g/mol. The molecule has 0 radical (unpaired) electrons. The van der Waals surface area contributed by atoms with Crippen LogP contribution in [0, 0.1) is 0 Å². The fraction of sp³-hybridized carbons (Fsp3) is 0.833.